The Kier molecular flexibility index (Phi) is 7.30. The Bertz CT molecular complexity index is 1300. The second-order valence-electron chi connectivity index (χ2n) is 7.74. The molecule has 0 aliphatic rings. The van der Waals surface area contributed by atoms with Crippen molar-refractivity contribution in [3.05, 3.63) is 89.9 Å². The molecule has 1 heterocycles. The molecule has 0 aliphatic carbocycles. The van der Waals surface area contributed by atoms with Gasteiger partial charge in [-0.1, -0.05) is 24.3 Å². The predicted octanol–water partition coefficient (Wildman–Crippen LogP) is 4.56. The van der Waals surface area contributed by atoms with E-state index in [1.54, 1.807) is 28.9 Å². The molecule has 4 aromatic rings. The summed E-state index contributed by atoms with van der Waals surface area (Å²) in [4.78, 5) is 12.9. The van der Waals surface area contributed by atoms with E-state index >= 15 is 0 Å². The van der Waals surface area contributed by atoms with E-state index in [0.717, 1.165) is 16.8 Å². The lowest BCUT2D eigenvalue weighted by molar-refractivity contribution is -0.120. The molecule has 0 unspecified atom stereocenters. The van der Waals surface area contributed by atoms with Gasteiger partial charge in [0.15, 0.2) is 11.5 Å². The maximum absolute atomic E-state index is 13.5. The van der Waals surface area contributed by atoms with Crippen molar-refractivity contribution in [3.8, 4) is 34.2 Å². The van der Waals surface area contributed by atoms with Gasteiger partial charge in [0, 0.05) is 29.4 Å². The van der Waals surface area contributed by atoms with Crippen molar-refractivity contribution in [1.82, 2.24) is 15.1 Å². The van der Waals surface area contributed by atoms with Gasteiger partial charge < -0.3 is 19.5 Å². The fraction of sp³-hybridized carbons (Fsp3) is 0.185. The topological polar surface area (TPSA) is 74.6 Å². The summed E-state index contributed by atoms with van der Waals surface area (Å²) in [7, 11) is 4.58. The minimum Gasteiger partial charge on any atom is -0.493 e. The van der Waals surface area contributed by atoms with Crippen LogP contribution < -0.4 is 19.5 Å². The first-order valence-corrected chi connectivity index (χ1v) is 11.0. The number of carbonyl (C=O) groups is 1. The molecule has 8 heteroatoms. The maximum atomic E-state index is 13.5. The number of rotatable bonds is 9. The number of halogens is 1. The van der Waals surface area contributed by atoms with Gasteiger partial charge in [-0.25, -0.2) is 9.07 Å². The van der Waals surface area contributed by atoms with Crippen LogP contribution in [-0.4, -0.2) is 37.0 Å². The average Bonchev–Trinajstić information content (AvgIpc) is 3.32. The number of hydrogen-bond acceptors (Lipinski definition) is 5. The standard InChI is InChI=1S/C27H26FN3O4/c1-33-23-14-11-19(26(34-2)27(23)35-3)15-24(32)29-16-20-17-31(22-7-5-4-6-8-22)30-25(20)18-9-12-21(28)13-10-18/h4-14,17H,15-16H2,1-3H3,(H,29,32). The number of hydrogen-bond donors (Lipinski definition) is 1. The highest BCUT2D eigenvalue weighted by molar-refractivity contribution is 5.80. The molecule has 1 aromatic heterocycles. The number of para-hydroxylation sites is 1. The lowest BCUT2D eigenvalue weighted by Gasteiger charge is -2.15. The molecule has 0 bridgehead atoms. The first kappa shape index (κ1) is 23.8. The van der Waals surface area contributed by atoms with Gasteiger partial charge in [0.05, 0.1) is 39.1 Å². The van der Waals surface area contributed by atoms with Crippen molar-refractivity contribution in [2.24, 2.45) is 0 Å². The Labute approximate surface area is 203 Å². The van der Waals surface area contributed by atoms with Crippen LogP contribution in [0.1, 0.15) is 11.1 Å². The van der Waals surface area contributed by atoms with Crippen molar-refractivity contribution in [1.29, 1.82) is 0 Å². The van der Waals surface area contributed by atoms with Crippen LogP contribution in [0.25, 0.3) is 16.9 Å². The van der Waals surface area contributed by atoms with Crippen molar-refractivity contribution in [2.45, 2.75) is 13.0 Å². The second-order valence-corrected chi connectivity index (χ2v) is 7.74. The summed E-state index contributed by atoms with van der Waals surface area (Å²) in [6, 6.07) is 19.3. The molecule has 0 fully saturated rings. The smallest absolute Gasteiger partial charge is 0.224 e. The van der Waals surface area contributed by atoms with Gasteiger partial charge >= 0.3 is 0 Å². The summed E-state index contributed by atoms with van der Waals surface area (Å²) in [5.74, 6) is 0.878. The monoisotopic (exact) mass is 475 g/mol. The molecular weight excluding hydrogens is 449 g/mol. The summed E-state index contributed by atoms with van der Waals surface area (Å²) in [6.45, 7) is 0.244. The summed E-state index contributed by atoms with van der Waals surface area (Å²) in [6.07, 6.45) is 1.95. The summed E-state index contributed by atoms with van der Waals surface area (Å²) in [5.41, 5.74) is 3.77. The molecule has 1 N–H and O–H groups in total. The third-order valence-corrected chi connectivity index (χ3v) is 5.54. The third kappa shape index (κ3) is 5.27. The quantitative estimate of drug-likeness (QED) is 0.384. The van der Waals surface area contributed by atoms with Crippen LogP contribution in [-0.2, 0) is 17.8 Å². The second kappa shape index (κ2) is 10.7. The first-order chi connectivity index (χ1) is 17.0. The number of methoxy groups -OCH3 is 3. The van der Waals surface area contributed by atoms with Gasteiger partial charge in [-0.05, 0) is 42.5 Å². The molecule has 4 rings (SSSR count). The SMILES string of the molecule is COc1ccc(CC(=O)NCc2cn(-c3ccccc3)nc2-c2ccc(F)cc2)c(OC)c1OC. The van der Waals surface area contributed by atoms with Gasteiger partial charge in [0.25, 0.3) is 0 Å². The lowest BCUT2D eigenvalue weighted by Crippen LogP contribution is -2.25. The molecule has 35 heavy (non-hydrogen) atoms. The highest BCUT2D eigenvalue weighted by atomic mass is 19.1. The van der Waals surface area contributed by atoms with Gasteiger partial charge in [-0.2, -0.15) is 5.10 Å². The van der Waals surface area contributed by atoms with E-state index in [0.29, 0.717) is 28.5 Å². The van der Waals surface area contributed by atoms with E-state index in [1.807, 2.05) is 36.5 Å². The highest BCUT2D eigenvalue weighted by Crippen LogP contribution is 2.39. The molecule has 3 aromatic carbocycles. The predicted molar refractivity (Wildman–Crippen MR) is 131 cm³/mol. The number of amides is 1. The molecule has 0 saturated carbocycles. The molecule has 7 nitrogen and oxygen atoms in total. The van der Waals surface area contributed by atoms with Crippen LogP contribution in [0.4, 0.5) is 4.39 Å². The Morgan fingerprint density at radius 3 is 2.26 bits per heavy atom. The average molecular weight is 476 g/mol. The van der Waals surface area contributed by atoms with Gasteiger partial charge in [-0.15, -0.1) is 0 Å². The lowest BCUT2D eigenvalue weighted by atomic mass is 10.1. The number of benzene rings is 3. The number of carbonyl (C=O) groups excluding carboxylic acids is 1. The van der Waals surface area contributed by atoms with E-state index in [-0.39, 0.29) is 24.7 Å². The van der Waals surface area contributed by atoms with E-state index in [2.05, 4.69) is 5.32 Å². The number of aromatic nitrogens is 2. The van der Waals surface area contributed by atoms with Crippen LogP contribution in [0.5, 0.6) is 17.2 Å². The van der Waals surface area contributed by atoms with Crippen LogP contribution >= 0.6 is 0 Å². The zero-order valence-electron chi connectivity index (χ0n) is 19.7. The number of nitrogens with one attached hydrogen (secondary N) is 1. The normalized spacial score (nSPS) is 10.6. The Hall–Kier alpha value is -4.33. The fourth-order valence-corrected chi connectivity index (χ4v) is 3.83. The van der Waals surface area contributed by atoms with E-state index < -0.39 is 0 Å². The zero-order valence-corrected chi connectivity index (χ0v) is 19.7. The molecular formula is C27H26FN3O4. The molecule has 0 radical (unpaired) electrons. The molecule has 0 saturated heterocycles. The zero-order chi connectivity index (χ0) is 24.8. The minimum atomic E-state index is -0.324. The molecule has 0 spiro atoms. The Balaban J connectivity index is 1.57. The van der Waals surface area contributed by atoms with Gasteiger partial charge in [-0.3, -0.25) is 4.79 Å². The minimum absolute atomic E-state index is 0.0855. The Morgan fingerprint density at radius 1 is 0.886 bits per heavy atom. The van der Waals surface area contributed by atoms with Crippen LogP contribution in [0, 0.1) is 5.82 Å². The van der Waals surface area contributed by atoms with Crippen molar-refractivity contribution in [2.75, 3.05) is 21.3 Å². The number of ether oxygens (including phenoxy) is 3. The third-order valence-electron chi connectivity index (χ3n) is 5.54. The summed E-state index contributed by atoms with van der Waals surface area (Å²) in [5, 5.41) is 7.66. The van der Waals surface area contributed by atoms with Crippen LogP contribution in [0.2, 0.25) is 0 Å². The molecule has 1 amide bonds. The van der Waals surface area contributed by atoms with Crippen LogP contribution in [0.3, 0.4) is 0 Å². The first-order valence-electron chi connectivity index (χ1n) is 11.0. The van der Waals surface area contributed by atoms with Gasteiger partial charge in [0.1, 0.15) is 5.82 Å². The van der Waals surface area contributed by atoms with E-state index in [4.69, 9.17) is 19.3 Å². The Morgan fingerprint density at radius 2 is 1.60 bits per heavy atom. The van der Waals surface area contributed by atoms with Crippen LogP contribution in [0.15, 0.2) is 72.9 Å². The molecule has 0 aliphatic heterocycles. The van der Waals surface area contributed by atoms with Crippen molar-refractivity contribution < 1.29 is 23.4 Å². The van der Waals surface area contributed by atoms with Crippen molar-refractivity contribution in [3.63, 3.8) is 0 Å². The summed E-state index contributed by atoms with van der Waals surface area (Å²) < 4.78 is 31.4. The number of nitrogens with zero attached hydrogens (tertiary/aromatic N) is 2. The fourth-order valence-electron chi connectivity index (χ4n) is 3.83. The molecule has 180 valence electrons. The largest absolute Gasteiger partial charge is 0.493 e. The van der Waals surface area contributed by atoms with E-state index in [9.17, 15) is 9.18 Å². The molecule has 0 atom stereocenters. The van der Waals surface area contributed by atoms with Crippen molar-refractivity contribution >= 4 is 5.91 Å². The summed E-state index contributed by atoms with van der Waals surface area (Å²) >= 11 is 0. The van der Waals surface area contributed by atoms with Gasteiger partial charge in [0.2, 0.25) is 11.7 Å². The maximum Gasteiger partial charge on any atom is 0.224 e. The van der Waals surface area contributed by atoms with E-state index in [1.165, 1.54) is 33.5 Å². The highest BCUT2D eigenvalue weighted by Gasteiger charge is 2.19.